The first-order valence-electron chi connectivity index (χ1n) is 6.43. The van der Waals surface area contributed by atoms with Gasteiger partial charge in [0.2, 0.25) is 5.91 Å². The topological polar surface area (TPSA) is 66.4 Å². The molecule has 1 saturated carbocycles. The number of carbonyl (C=O) groups excluding carboxylic acids is 1. The van der Waals surface area contributed by atoms with Crippen LogP contribution in [0.2, 0.25) is 0 Å². The van der Waals surface area contributed by atoms with Crippen LogP contribution in [-0.4, -0.2) is 17.0 Å². The second-order valence-corrected chi connectivity index (χ2v) is 5.12. The SMILES string of the molecule is CC1CCCC1C(=O)Nc1cc(C(=O)O)c(F)cc1F. The van der Waals surface area contributed by atoms with E-state index in [1.165, 1.54) is 0 Å². The molecule has 1 aromatic carbocycles. The normalized spacial score (nSPS) is 21.8. The zero-order valence-electron chi connectivity index (χ0n) is 11.0. The Morgan fingerprint density at radius 2 is 1.95 bits per heavy atom. The van der Waals surface area contributed by atoms with Crippen molar-refractivity contribution in [3.05, 3.63) is 29.3 Å². The third-order valence-corrected chi connectivity index (χ3v) is 3.74. The number of anilines is 1. The fourth-order valence-electron chi connectivity index (χ4n) is 2.57. The summed E-state index contributed by atoms with van der Waals surface area (Å²) < 4.78 is 26.8. The van der Waals surface area contributed by atoms with Crippen molar-refractivity contribution in [3.63, 3.8) is 0 Å². The van der Waals surface area contributed by atoms with Gasteiger partial charge in [0.05, 0.1) is 11.3 Å². The molecule has 2 atom stereocenters. The fraction of sp³-hybridized carbons (Fsp3) is 0.429. The average molecular weight is 283 g/mol. The van der Waals surface area contributed by atoms with Crippen molar-refractivity contribution < 1.29 is 23.5 Å². The molecule has 1 aliphatic carbocycles. The zero-order chi connectivity index (χ0) is 14.9. The Morgan fingerprint density at radius 1 is 1.25 bits per heavy atom. The lowest BCUT2D eigenvalue weighted by atomic mass is 9.97. The Labute approximate surface area is 114 Å². The molecule has 6 heteroatoms. The lowest BCUT2D eigenvalue weighted by Crippen LogP contribution is -2.25. The third kappa shape index (κ3) is 2.79. The average Bonchev–Trinajstić information content (AvgIpc) is 2.78. The van der Waals surface area contributed by atoms with Gasteiger partial charge >= 0.3 is 5.97 Å². The number of carboxylic acid groups (broad SMARTS) is 1. The molecule has 108 valence electrons. The lowest BCUT2D eigenvalue weighted by Gasteiger charge is -2.16. The van der Waals surface area contributed by atoms with Crippen LogP contribution in [0.3, 0.4) is 0 Å². The molecular formula is C14H15F2NO3. The van der Waals surface area contributed by atoms with Gasteiger partial charge in [-0.3, -0.25) is 4.79 Å². The Morgan fingerprint density at radius 3 is 2.50 bits per heavy atom. The van der Waals surface area contributed by atoms with E-state index in [1.807, 2.05) is 6.92 Å². The first kappa shape index (κ1) is 14.4. The summed E-state index contributed by atoms with van der Waals surface area (Å²) in [4.78, 5) is 22.8. The van der Waals surface area contributed by atoms with Crippen LogP contribution < -0.4 is 5.32 Å². The second-order valence-electron chi connectivity index (χ2n) is 5.12. The Kier molecular flexibility index (Phi) is 4.01. The Hall–Kier alpha value is -1.98. The summed E-state index contributed by atoms with van der Waals surface area (Å²) in [5.41, 5.74) is -0.964. The molecule has 2 unspecified atom stereocenters. The summed E-state index contributed by atoms with van der Waals surface area (Å²) in [5, 5.41) is 11.2. The second kappa shape index (κ2) is 5.56. The minimum absolute atomic E-state index is 0.206. The van der Waals surface area contributed by atoms with Crippen molar-refractivity contribution in [1.82, 2.24) is 0 Å². The number of carboxylic acids is 1. The number of halogens is 2. The van der Waals surface area contributed by atoms with Crippen molar-refractivity contribution in [2.45, 2.75) is 26.2 Å². The number of benzene rings is 1. The van der Waals surface area contributed by atoms with E-state index in [2.05, 4.69) is 5.32 Å². The van der Waals surface area contributed by atoms with Crippen molar-refractivity contribution in [2.24, 2.45) is 11.8 Å². The Balaban J connectivity index is 2.22. The maximum Gasteiger partial charge on any atom is 0.338 e. The quantitative estimate of drug-likeness (QED) is 0.896. The van der Waals surface area contributed by atoms with Crippen LogP contribution in [0.1, 0.15) is 36.5 Å². The molecule has 1 amide bonds. The first-order chi connectivity index (χ1) is 9.40. The molecule has 0 radical (unpaired) electrons. The number of amides is 1. The van der Waals surface area contributed by atoms with Crippen molar-refractivity contribution >= 4 is 17.6 Å². The van der Waals surface area contributed by atoms with Crippen LogP contribution in [0, 0.1) is 23.5 Å². The number of hydrogen-bond donors (Lipinski definition) is 2. The molecule has 2 N–H and O–H groups in total. The van der Waals surface area contributed by atoms with Crippen molar-refractivity contribution in [2.75, 3.05) is 5.32 Å². The molecule has 0 aliphatic heterocycles. The number of rotatable bonds is 3. The molecular weight excluding hydrogens is 268 g/mol. The van der Waals surface area contributed by atoms with Gasteiger partial charge < -0.3 is 10.4 Å². The standard InChI is InChI=1S/C14H15F2NO3/c1-7-3-2-4-8(7)13(18)17-12-5-9(14(19)20)10(15)6-11(12)16/h5-8H,2-4H2,1H3,(H,17,18)(H,19,20). The monoisotopic (exact) mass is 283 g/mol. The van der Waals surface area contributed by atoms with Crippen LogP contribution in [-0.2, 0) is 4.79 Å². The summed E-state index contributed by atoms with van der Waals surface area (Å²) in [6.07, 6.45) is 2.59. The summed E-state index contributed by atoms with van der Waals surface area (Å²) in [6, 6.07) is 1.28. The molecule has 0 saturated heterocycles. The van der Waals surface area contributed by atoms with E-state index in [0.717, 1.165) is 25.3 Å². The third-order valence-electron chi connectivity index (χ3n) is 3.74. The van der Waals surface area contributed by atoms with Crippen molar-refractivity contribution in [3.8, 4) is 0 Å². The Bertz CT molecular complexity index is 560. The van der Waals surface area contributed by atoms with Crippen LogP contribution in [0.5, 0.6) is 0 Å². The predicted octanol–water partition coefficient (Wildman–Crippen LogP) is 3.04. The van der Waals surface area contributed by atoms with Gasteiger partial charge in [-0.1, -0.05) is 13.3 Å². The highest BCUT2D eigenvalue weighted by molar-refractivity contribution is 5.95. The molecule has 4 nitrogen and oxygen atoms in total. The van der Waals surface area contributed by atoms with Crippen LogP contribution in [0.4, 0.5) is 14.5 Å². The van der Waals surface area contributed by atoms with E-state index in [1.54, 1.807) is 0 Å². The van der Waals surface area contributed by atoms with Gasteiger partial charge in [0, 0.05) is 12.0 Å². The number of aromatic carboxylic acids is 1. The number of hydrogen-bond acceptors (Lipinski definition) is 2. The molecule has 20 heavy (non-hydrogen) atoms. The van der Waals surface area contributed by atoms with Gasteiger partial charge in [0.25, 0.3) is 0 Å². The van der Waals surface area contributed by atoms with Gasteiger partial charge in [-0.2, -0.15) is 0 Å². The van der Waals surface area contributed by atoms with E-state index in [9.17, 15) is 18.4 Å². The van der Waals surface area contributed by atoms with E-state index in [-0.39, 0.29) is 23.4 Å². The fourth-order valence-corrected chi connectivity index (χ4v) is 2.57. The highest BCUT2D eigenvalue weighted by Crippen LogP contribution is 2.32. The highest BCUT2D eigenvalue weighted by Gasteiger charge is 2.30. The van der Waals surface area contributed by atoms with Gasteiger partial charge in [0.15, 0.2) is 0 Å². The molecule has 2 rings (SSSR count). The van der Waals surface area contributed by atoms with E-state index in [4.69, 9.17) is 5.11 Å². The summed E-state index contributed by atoms with van der Waals surface area (Å²) >= 11 is 0. The zero-order valence-corrected chi connectivity index (χ0v) is 11.0. The maximum atomic E-state index is 13.6. The van der Waals surface area contributed by atoms with Gasteiger partial charge in [0.1, 0.15) is 11.6 Å². The molecule has 1 fully saturated rings. The number of nitrogens with one attached hydrogen (secondary N) is 1. The molecule has 1 aliphatic rings. The lowest BCUT2D eigenvalue weighted by molar-refractivity contribution is -0.120. The van der Waals surface area contributed by atoms with Crippen LogP contribution in [0.15, 0.2) is 12.1 Å². The van der Waals surface area contributed by atoms with Crippen LogP contribution >= 0.6 is 0 Å². The molecule has 0 spiro atoms. The first-order valence-corrected chi connectivity index (χ1v) is 6.43. The minimum Gasteiger partial charge on any atom is -0.478 e. The smallest absolute Gasteiger partial charge is 0.338 e. The predicted molar refractivity (Wildman–Crippen MR) is 68.5 cm³/mol. The van der Waals surface area contributed by atoms with E-state index in [0.29, 0.717) is 6.07 Å². The molecule has 0 aromatic heterocycles. The summed E-state index contributed by atoms with van der Waals surface area (Å²) in [5.74, 6) is -4.01. The van der Waals surface area contributed by atoms with Crippen molar-refractivity contribution in [1.29, 1.82) is 0 Å². The summed E-state index contributed by atoms with van der Waals surface area (Å²) in [6.45, 7) is 1.95. The summed E-state index contributed by atoms with van der Waals surface area (Å²) in [7, 11) is 0. The molecule has 1 aromatic rings. The molecule has 0 heterocycles. The largest absolute Gasteiger partial charge is 0.478 e. The van der Waals surface area contributed by atoms with Gasteiger partial charge in [-0.05, 0) is 24.8 Å². The van der Waals surface area contributed by atoms with Gasteiger partial charge in [-0.25, -0.2) is 13.6 Å². The minimum atomic E-state index is -1.51. The van der Waals surface area contributed by atoms with E-state index >= 15 is 0 Å². The maximum absolute atomic E-state index is 13.6. The molecule has 0 bridgehead atoms. The van der Waals surface area contributed by atoms with E-state index < -0.39 is 23.2 Å². The van der Waals surface area contributed by atoms with Crippen LogP contribution in [0.25, 0.3) is 0 Å². The highest BCUT2D eigenvalue weighted by atomic mass is 19.1. The van der Waals surface area contributed by atoms with Gasteiger partial charge in [-0.15, -0.1) is 0 Å². The number of carbonyl (C=O) groups is 2.